The molecule has 5 heteroatoms. The summed E-state index contributed by atoms with van der Waals surface area (Å²) in [5.41, 5.74) is 1.11. The molecule has 0 bridgehead atoms. The van der Waals surface area contributed by atoms with Gasteiger partial charge in [0.2, 0.25) is 0 Å². The summed E-state index contributed by atoms with van der Waals surface area (Å²) >= 11 is 6.99. The number of rotatable bonds is 6. The second kappa shape index (κ2) is 7.12. The number of benzene rings is 1. The van der Waals surface area contributed by atoms with Crippen LogP contribution in [0.1, 0.15) is 11.3 Å². The third kappa shape index (κ3) is 4.09. The highest BCUT2D eigenvalue weighted by atomic mass is 79.9. The number of hydrogen-bond donors (Lipinski definition) is 1. The van der Waals surface area contributed by atoms with Crippen molar-refractivity contribution >= 4 is 31.9 Å². The second-order valence-corrected chi connectivity index (χ2v) is 5.86. The Labute approximate surface area is 129 Å². The molecule has 3 nitrogen and oxygen atoms in total. The van der Waals surface area contributed by atoms with Crippen molar-refractivity contribution in [2.24, 2.45) is 0 Å². The lowest BCUT2D eigenvalue weighted by Gasteiger charge is -2.12. The van der Waals surface area contributed by atoms with Crippen LogP contribution in [-0.2, 0) is 13.0 Å². The monoisotopic (exact) mass is 387 g/mol. The Balaban J connectivity index is 1.92. The molecule has 0 saturated carbocycles. The topological polar surface area (TPSA) is 34.4 Å². The second-order valence-electron chi connectivity index (χ2n) is 4.09. The van der Waals surface area contributed by atoms with Crippen LogP contribution in [0.5, 0.6) is 5.75 Å². The van der Waals surface area contributed by atoms with Crippen LogP contribution >= 0.6 is 31.9 Å². The summed E-state index contributed by atoms with van der Waals surface area (Å²) in [6.07, 6.45) is 2.58. The first-order valence-corrected chi connectivity index (χ1v) is 7.54. The predicted molar refractivity (Wildman–Crippen MR) is 82.5 cm³/mol. The fraction of sp³-hybridized carbons (Fsp3) is 0.286. The summed E-state index contributed by atoms with van der Waals surface area (Å²) in [6.45, 7) is 1.61. The van der Waals surface area contributed by atoms with Crippen molar-refractivity contribution in [3.63, 3.8) is 0 Å². The lowest BCUT2D eigenvalue weighted by atomic mass is 10.2. The Morgan fingerprint density at radius 2 is 2.16 bits per heavy atom. The largest absolute Gasteiger partial charge is 0.495 e. The van der Waals surface area contributed by atoms with E-state index in [1.807, 2.05) is 18.2 Å². The molecule has 1 aromatic heterocycles. The van der Waals surface area contributed by atoms with E-state index in [2.05, 4.69) is 43.2 Å². The van der Waals surface area contributed by atoms with Gasteiger partial charge in [-0.3, -0.25) is 0 Å². The van der Waals surface area contributed by atoms with Crippen LogP contribution < -0.4 is 10.1 Å². The smallest absolute Gasteiger partial charge is 0.137 e. The summed E-state index contributed by atoms with van der Waals surface area (Å²) in [5, 5.41) is 3.39. The molecule has 102 valence electrons. The molecule has 19 heavy (non-hydrogen) atoms. The third-order valence-corrected chi connectivity index (χ3v) is 3.78. The normalized spacial score (nSPS) is 10.7. The first-order chi connectivity index (χ1) is 9.20. The average molecular weight is 389 g/mol. The maximum atomic E-state index is 5.41. The van der Waals surface area contributed by atoms with E-state index in [9.17, 15) is 0 Å². The van der Waals surface area contributed by atoms with Crippen LogP contribution in [0, 0.1) is 0 Å². The Bertz CT molecular complexity index is 526. The van der Waals surface area contributed by atoms with E-state index < -0.39 is 0 Å². The summed E-state index contributed by atoms with van der Waals surface area (Å²) in [4.78, 5) is 0. The Hall–Kier alpha value is -0.780. The third-order valence-electron chi connectivity index (χ3n) is 2.73. The summed E-state index contributed by atoms with van der Waals surface area (Å²) in [7, 11) is 1.68. The summed E-state index contributed by atoms with van der Waals surface area (Å²) in [5.74, 6) is 1.86. The molecule has 0 aliphatic rings. The van der Waals surface area contributed by atoms with Gasteiger partial charge in [0.15, 0.2) is 0 Å². The van der Waals surface area contributed by atoms with Crippen LogP contribution in [0.4, 0.5) is 0 Å². The fourth-order valence-corrected chi connectivity index (χ4v) is 3.34. The maximum Gasteiger partial charge on any atom is 0.137 e. The molecule has 0 amide bonds. The van der Waals surface area contributed by atoms with Gasteiger partial charge in [0.05, 0.1) is 17.8 Å². The fourth-order valence-electron chi connectivity index (χ4n) is 1.86. The molecule has 0 fully saturated rings. The number of nitrogens with one attached hydrogen (secondary N) is 1. The van der Waals surface area contributed by atoms with Crippen LogP contribution in [-0.4, -0.2) is 13.7 Å². The maximum absolute atomic E-state index is 5.41. The van der Waals surface area contributed by atoms with E-state index in [4.69, 9.17) is 9.15 Å². The molecule has 0 aliphatic carbocycles. The zero-order chi connectivity index (χ0) is 13.7. The number of hydrogen-bond acceptors (Lipinski definition) is 3. The number of halogens is 2. The number of ether oxygens (including phenoxy) is 1. The van der Waals surface area contributed by atoms with E-state index >= 15 is 0 Å². The van der Waals surface area contributed by atoms with Crippen molar-refractivity contribution < 1.29 is 9.15 Å². The molecule has 0 aliphatic heterocycles. The van der Waals surface area contributed by atoms with Gasteiger partial charge >= 0.3 is 0 Å². The highest BCUT2D eigenvalue weighted by molar-refractivity contribution is 9.11. The first-order valence-electron chi connectivity index (χ1n) is 5.95. The van der Waals surface area contributed by atoms with Crippen LogP contribution in [0.3, 0.4) is 0 Å². The molecule has 0 spiro atoms. The van der Waals surface area contributed by atoms with E-state index in [1.54, 1.807) is 13.4 Å². The predicted octanol–water partition coefficient (Wildman–Crippen LogP) is 4.15. The molecule has 0 saturated heterocycles. The van der Waals surface area contributed by atoms with Crippen molar-refractivity contribution in [2.75, 3.05) is 13.7 Å². The van der Waals surface area contributed by atoms with Crippen LogP contribution in [0.15, 0.2) is 43.9 Å². The van der Waals surface area contributed by atoms with Crippen LogP contribution in [0.2, 0.25) is 0 Å². The van der Waals surface area contributed by atoms with E-state index in [0.717, 1.165) is 45.5 Å². The molecule has 2 rings (SSSR count). The number of furan rings is 1. The quantitative estimate of drug-likeness (QED) is 0.755. The van der Waals surface area contributed by atoms with Gasteiger partial charge in [-0.15, -0.1) is 0 Å². The minimum atomic E-state index is 0.752. The molecule has 1 aromatic carbocycles. The van der Waals surface area contributed by atoms with Crippen LogP contribution in [0.25, 0.3) is 0 Å². The summed E-state index contributed by atoms with van der Waals surface area (Å²) < 4.78 is 12.7. The Morgan fingerprint density at radius 3 is 2.84 bits per heavy atom. The van der Waals surface area contributed by atoms with Gasteiger partial charge in [-0.25, -0.2) is 0 Å². The summed E-state index contributed by atoms with van der Waals surface area (Å²) in [6, 6.07) is 7.93. The molecule has 1 heterocycles. The molecule has 0 atom stereocenters. The van der Waals surface area contributed by atoms with Crippen molar-refractivity contribution in [2.45, 2.75) is 13.0 Å². The Morgan fingerprint density at radius 1 is 1.32 bits per heavy atom. The minimum absolute atomic E-state index is 0.752. The van der Waals surface area contributed by atoms with Crippen molar-refractivity contribution in [1.82, 2.24) is 5.32 Å². The van der Waals surface area contributed by atoms with Gasteiger partial charge in [0.25, 0.3) is 0 Å². The Kier molecular flexibility index (Phi) is 5.48. The lowest BCUT2D eigenvalue weighted by Crippen LogP contribution is -2.17. The van der Waals surface area contributed by atoms with Crippen molar-refractivity contribution in [3.8, 4) is 5.75 Å². The van der Waals surface area contributed by atoms with Gasteiger partial charge in [0.1, 0.15) is 11.5 Å². The van der Waals surface area contributed by atoms with E-state index in [0.29, 0.717) is 0 Å². The van der Waals surface area contributed by atoms with E-state index in [-0.39, 0.29) is 0 Å². The molecular formula is C14H15Br2NO2. The van der Waals surface area contributed by atoms with Gasteiger partial charge in [-0.05, 0) is 40.2 Å². The minimum Gasteiger partial charge on any atom is -0.495 e. The van der Waals surface area contributed by atoms with Gasteiger partial charge in [-0.2, -0.15) is 0 Å². The zero-order valence-electron chi connectivity index (χ0n) is 10.6. The number of methoxy groups -OCH3 is 1. The highest BCUT2D eigenvalue weighted by Crippen LogP contribution is 2.32. The van der Waals surface area contributed by atoms with E-state index in [1.165, 1.54) is 0 Å². The van der Waals surface area contributed by atoms with Crippen molar-refractivity contribution in [1.29, 1.82) is 0 Å². The van der Waals surface area contributed by atoms with Gasteiger partial charge < -0.3 is 14.5 Å². The first kappa shape index (κ1) is 14.6. The van der Waals surface area contributed by atoms with Crippen molar-refractivity contribution in [3.05, 3.63) is 50.8 Å². The zero-order valence-corrected chi connectivity index (χ0v) is 13.8. The molecule has 0 unspecified atom stereocenters. The molecule has 1 N–H and O–H groups in total. The van der Waals surface area contributed by atoms with Gasteiger partial charge in [0, 0.05) is 29.5 Å². The molecule has 0 radical (unpaired) electrons. The standard InChI is InChI=1S/C14H15Br2NO2/c1-18-14-10(7-11(15)8-13(14)16)9-17-5-4-12-3-2-6-19-12/h2-3,6-8,17H,4-5,9H2,1H3. The van der Waals surface area contributed by atoms with Gasteiger partial charge in [-0.1, -0.05) is 15.9 Å². The molecule has 2 aromatic rings. The highest BCUT2D eigenvalue weighted by Gasteiger charge is 2.08. The average Bonchev–Trinajstić information content (AvgIpc) is 2.87. The molecular weight excluding hydrogens is 374 g/mol. The SMILES string of the molecule is COc1c(Br)cc(Br)cc1CNCCc1ccco1. The lowest BCUT2D eigenvalue weighted by molar-refractivity contribution is 0.404.